The largest absolute Gasteiger partial charge is 0.478 e. The van der Waals surface area contributed by atoms with Gasteiger partial charge < -0.3 is 15.7 Å². The number of rotatable bonds is 3. The van der Waals surface area contributed by atoms with Crippen LogP contribution in [0.4, 0.5) is 5.69 Å². The van der Waals surface area contributed by atoms with Crippen molar-refractivity contribution in [1.82, 2.24) is 5.32 Å². The Bertz CT molecular complexity index is 506. The first-order chi connectivity index (χ1) is 9.59. The van der Waals surface area contributed by atoms with Crippen molar-refractivity contribution in [3.63, 3.8) is 0 Å². The van der Waals surface area contributed by atoms with Gasteiger partial charge in [-0.2, -0.15) is 0 Å². The molecule has 108 valence electrons. The van der Waals surface area contributed by atoms with Crippen LogP contribution in [-0.4, -0.2) is 29.6 Å². The van der Waals surface area contributed by atoms with Gasteiger partial charge in [-0.25, -0.2) is 4.79 Å². The van der Waals surface area contributed by atoms with Gasteiger partial charge in [0, 0.05) is 0 Å². The molecule has 1 unspecified atom stereocenters. The van der Waals surface area contributed by atoms with Gasteiger partial charge in [-0.05, 0) is 37.9 Å². The van der Waals surface area contributed by atoms with Crippen LogP contribution >= 0.6 is 0 Å². The van der Waals surface area contributed by atoms with E-state index < -0.39 is 5.97 Å². The third-order valence-electron chi connectivity index (χ3n) is 3.62. The Morgan fingerprint density at radius 3 is 2.85 bits per heavy atom. The molecule has 0 saturated carbocycles. The first-order valence-corrected chi connectivity index (χ1v) is 6.97. The number of carboxylic acids is 1. The zero-order chi connectivity index (χ0) is 14.5. The van der Waals surface area contributed by atoms with Crippen molar-refractivity contribution in [3.8, 4) is 0 Å². The van der Waals surface area contributed by atoms with Crippen LogP contribution in [0.5, 0.6) is 0 Å². The summed E-state index contributed by atoms with van der Waals surface area (Å²) in [6.45, 7) is 2.56. The van der Waals surface area contributed by atoms with Crippen LogP contribution in [0, 0.1) is 6.92 Å². The van der Waals surface area contributed by atoms with Gasteiger partial charge in [0.1, 0.15) is 0 Å². The second-order valence-corrected chi connectivity index (χ2v) is 5.15. The Morgan fingerprint density at radius 2 is 2.10 bits per heavy atom. The summed E-state index contributed by atoms with van der Waals surface area (Å²) in [5, 5.41) is 15.2. The predicted molar refractivity (Wildman–Crippen MR) is 77.0 cm³/mol. The number of carbonyl (C=O) groups excluding carboxylic acids is 1. The standard InChI is InChI=1S/C15H20N2O3/c1-10-6-5-8-11(13(10)15(19)20)17-14(18)12-7-3-2-4-9-16-12/h5-6,8,12,16H,2-4,7,9H2,1H3,(H,17,18)(H,19,20). The predicted octanol–water partition coefficient (Wildman–Crippen LogP) is 2.16. The zero-order valence-corrected chi connectivity index (χ0v) is 11.6. The lowest BCUT2D eigenvalue weighted by molar-refractivity contribution is -0.118. The second-order valence-electron chi connectivity index (χ2n) is 5.15. The Hall–Kier alpha value is -1.88. The molecular formula is C15H20N2O3. The minimum atomic E-state index is -1.02. The Balaban J connectivity index is 2.15. The molecule has 0 spiro atoms. The minimum Gasteiger partial charge on any atom is -0.478 e. The van der Waals surface area contributed by atoms with Gasteiger partial charge in [-0.15, -0.1) is 0 Å². The molecule has 1 aromatic carbocycles. The Morgan fingerprint density at radius 1 is 1.30 bits per heavy atom. The molecule has 5 heteroatoms. The van der Waals surface area contributed by atoms with Crippen molar-refractivity contribution >= 4 is 17.6 Å². The summed E-state index contributed by atoms with van der Waals surface area (Å²) in [7, 11) is 0. The molecule has 0 radical (unpaired) electrons. The van der Waals surface area contributed by atoms with E-state index in [1.165, 1.54) is 0 Å². The number of carboxylic acid groups (broad SMARTS) is 1. The summed E-state index contributed by atoms with van der Waals surface area (Å²) < 4.78 is 0. The SMILES string of the molecule is Cc1cccc(NC(=O)C2CCCCCN2)c1C(=O)O. The van der Waals surface area contributed by atoms with E-state index in [4.69, 9.17) is 0 Å². The van der Waals surface area contributed by atoms with E-state index in [0.29, 0.717) is 11.3 Å². The van der Waals surface area contributed by atoms with Gasteiger partial charge in [0.05, 0.1) is 17.3 Å². The molecule has 2 rings (SSSR count). The maximum Gasteiger partial charge on any atom is 0.338 e. The van der Waals surface area contributed by atoms with E-state index in [-0.39, 0.29) is 17.5 Å². The summed E-state index contributed by atoms with van der Waals surface area (Å²) in [6.07, 6.45) is 4.01. The highest BCUT2D eigenvalue weighted by Crippen LogP contribution is 2.20. The van der Waals surface area contributed by atoms with Crippen molar-refractivity contribution in [1.29, 1.82) is 0 Å². The number of aryl methyl sites for hydroxylation is 1. The molecule has 1 amide bonds. The van der Waals surface area contributed by atoms with E-state index in [1.54, 1.807) is 25.1 Å². The van der Waals surface area contributed by atoms with Crippen LogP contribution in [0.3, 0.4) is 0 Å². The number of amides is 1. The lowest BCUT2D eigenvalue weighted by Gasteiger charge is -2.17. The average molecular weight is 276 g/mol. The number of nitrogens with one attached hydrogen (secondary N) is 2. The summed E-state index contributed by atoms with van der Waals surface area (Å²) in [5.74, 6) is -1.17. The maximum atomic E-state index is 12.2. The molecule has 1 atom stereocenters. The highest BCUT2D eigenvalue weighted by Gasteiger charge is 2.22. The molecule has 1 aromatic rings. The lowest BCUT2D eigenvalue weighted by Crippen LogP contribution is -2.40. The Labute approximate surface area is 118 Å². The first-order valence-electron chi connectivity index (χ1n) is 6.97. The third-order valence-corrected chi connectivity index (χ3v) is 3.62. The summed E-state index contributed by atoms with van der Waals surface area (Å²) in [6, 6.07) is 4.87. The van der Waals surface area contributed by atoms with Crippen molar-refractivity contribution in [2.24, 2.45) is 0 Å². The van der Waals surface area contributed by atoms with E-state index in [1.807, 2.05) is 0 Å². The first kappa shape index (κ1) is 14.5. The fourth-order valence-electron chi connectivity index (χ4n) is 2.53. The quantitative estimate of drug-likeness (QED) is 0.790. The number of hydrogen-bond donors (Lipinski definition) is 3. The van der Waals surface area contributed by atoms with Crippen LogP contribution in [0.15, 0.2) is 18.2 Å². The van der Waals surface area contributed by atoms with Gasteiger partial charge >= 0.3 is 5.97 Å². The summed E-state index contributed by atoms with van der Waals surface area (Å²) >= 11 is 0. The highest BCUT2D eigenvalue weighted by atomic mass is 16.4. The van der Waals surface area contributed by atoms with Crippen molar-refractivity contribution in [2.75, 3.05) is 11.9 Å². The number of carbonyl (C=O) groups is 2. The smallest absolute Gasteiger partial charge is 0.338 e. The molecular weight excluding hydrogens is 256 g/mol. The third kappa shape index (κ3) is 3.36. The molecule has 0 aliphatic carbocycles. The van der Waals surface area contributed by atoms with E-state index in [9.17, 15) is 14.7 Å². The molecule has 0 bridgehead atoms. The van der Waals surface area contributed by atoms with Crippen LogP contribution < -0.4 is 10.6 Å². The molecule has 20 heavy (non-hydrogen) atoms. The number of benzene rings is 1. The van der Waals surface area contributed by atoms with Gasteiger partial charge in [-0.1, -0.05) is 25.0 Å². The number of hydrogen-bond acceptors (Lipinski definition) is 3. The molecule has 5 nitrogen and oxygen atoms in total. The van der Waals surface area contributed by atoms with Crippen LogP contribution in [0.2, 0.25) is 0 Å². The zero-order valence-electron chi connectivity index (χ0n) is 11.6. The van der Waals surface area contributed by atoms with Crippen molar-refractivity contribution in [2.45, 2.75) is 38.6 Å². The monoisotopic (exact) mass is 276 g/mol. The van der Waals surface area contributed by atoms with Crippen LogP contribution in [-0.2, 0) is 4.79 Å². The normalized spacial score (nSPS) is 19.1. The van der Waals surface area contributed by atoms with Crippen molar-refractivity contribution in [3.05, 3.63) is 29.3 Å². The fourth-order valence-corrected chi connectivity index (χ4v) is 2.53. The van der Waals surface area contributed by atoms with Gasteiger partial charge in [0.25, 0.3) is 0 Å². The maximum absolute atomic E-state index is 12.2. The molecule has 3 N–H and O–H groups in total. The van der Waals surface area contributed by atoms with E-state index >= 15 is 0 Å². The minimum absolute atomic E-state index is 0.153. The number of aromatic carboxylic acids is 1. The van der Waals surface area contributed by atoms with E-state index in [2.05, 4.69) is 10.6 Å². The fraction of sp³-hybridized carbons (Fsp3) is 0.467. The summed E-state index contributed by atoms with van der Waals surface area (Å²) in [5.41, 5.74) is 1.17. The molecule has 1 aliphatic heterocycles. The molecule has 1 fully saturated rings. The van der Waals surface area contributed by atoms with Gasteiger partial charge in [0.15, 0.2) is 0 Å². The molecule has 1 saturated heterocycles. The van der Waals surface area contributed by atoms with Gasteiger partial charge in [-0.3, -0.25) is 4.79 Å². The Kier molecular flexibility index (Phi) is 4.74. The van der Waals surface area contributed by atoms with Crippen LogP contribution in [0.1, 0.15) is 41.6 Å². The highest BCUT2D eigenvalue weighted by molar-refractivity contribution is 6.03. The second kappa shape index (κ2) is 6.52. The van der Waals surface area contributed by atoms with Gasteiger partial charge in [0.2, 0.25) is 5.91 Å². The average Bonchev–Trinajstić information content (AvgIpc) is 2.67. The molecule has 0 aromatic heterocycles. The number of anilines is 1. The summed E-state index contributed by atoms with van der Waals surface area (Å²) in [4.78, 5) is 23.5. The lowest BCUT2D eigenvalue weighted by atomic mass is 10.1. The molecule has 1 heterocycles. The van der Waals surface area contributed by atoms with E-state index in [0.717, 1.165) is 32.2 Å². The topological polar surface area (TPSA) is 78.4 Å². The van der Waals surface area contributed by atoms with Crippen molar-refractivity contribution < 1.29 is 14.7 Å². The van der Waals surface area contributed by atoms with Crippen LogP contribution in [0.25, 0.3) is 0 Å². The molecule has 1 aliphatic rings.